The van der Waals surface area contributed by atoms with Gasteiger partial charge in [0.1, 0.15) is 17.5 Å². The first-order chi connectivity index (χ1) is 10.3. The third kappa shape index (κ3) is 2.91. The molecule has 1 aliphatic heterocycles. The summed E-state index contributed by atoms with van der Waals surface area (Å²) in [7, 11) is 0. The van der Waals surface area contributed by atoms with Crippen LogP contribution in [0.4, 0.5) is 0 Å². The van der Waals surface area contributed by atoms with Crippen molar-refractivity contribution in [2.24, 2.45) is 0 Å². The van der Waals surface area contributed by atoms with E-state index in [1.807, 2.05) is 42.2 Å². The summed E-state index contributed by atoms with van der Waals surface area (Å²) in [6.07, 6.45) is 2.60. The molecule has 1 aromatic carbocycles. The lowest BCUT2D eigenvalue weighted by Gasteiger charge is -2.17. The van der Waals surface area contributed by atoms with Gasteiger partial charge < -0.3 is 9.64 Å². The molecular formula is C16H19N3O2. The third-order valence-corrected chi connectivity index (χ3v) is 3.71. The summed E-state index contributed by atoms with van der Waals surface area (Å²) in [5.74, 6) is 0.893. The maximum atomic E-state index is 12.5. The predicted octanol–water partition coefficient (Wildman–Crippen LogP) is 2.20. The fourth-order valence-electron chi connectivity index (χ4n) is 2.63. The molecule has 0 aliphatic carbocycles. The topological polar surface area (TPSA) is 47.4 Å². The Bertz CT molecular complexity index is 609. The second-order valence-corrected chi connectivity index (χ2v) is 5.12. The Hall–Kier alpha value is -2.30. The fourth-order valence-corrected chi connectivity index (χ4v) is 2.63. The van der Waals surface area contributed by atoms with Crippen LogP contribution in [0, 0.1) is 0 Å². The van der Waals surface area contributed by atoms with Gasteiger partial charge in [-0.3, -0.25) is 9.48 Å². The number of ether oxygens (including phenoxy) is 1. The Kier molecular flexibility index (Phi) is 3.90. The summed E-state index contributed by atoms with van der Waals surface area (Å²) in [5, 5.41) is 4.15. The number of rotatable bonds is 4. The van der Waals surface area contributed by atoms with E-state index in [-0.39, 0.29) is 12.0 Å². The number of amides is 1. The molecule has 1 aliphatic rings. The number of carbonyl (C=O) groups is 1. The second kappa shape index (κ2) is 5.99. The maximum Gasteiger partial charge on any atom is 0.272 e. The molecule has 2 aromatic rings. The van der Waals surface area contributed by atoms with E-state index in [2.05, 4.69) is 5.10 Å². The molecule has 5 nitrogen and oxygen atoms in total. The lowest BCUT2D eigenvalue weighted by molar-refractivity contribution is 0.0760. The van der Waals surface area contributed by atoms with Crippen LogP contribution in [0.5, 0.6) is 5.75 Å². The number of aromatic nitrogens is 2. The van der Waals surface area contributed by atoms with Crippen molar-refractivity contribution < 1.29 is 9.53 Å². The van der Waals surface area contributed by atoms with Crippen molar-refractivity contribution in [1.82, 2.24) is 14.7 Å². The first-order valence-electron chi connectivity index (χ1n) is 7.30. The van der Waals surface area contributed by atoms with Crippen LogP contribution in [-0.2, 0) is 6.54 Å². The van der Waals surface area contributed by atoms with Crippen molar-refractivity contribution >= 4 is 5.91 Å². The van der Waals surface area contributed by atoms with E-state index < -0.39 is 0 Å². The van der Waals surface area contributed by atoms with Crippen LogP contribution in [0.15, 0.2) is 42.6 Å². The first kappa shape index (κ1) is 13.7. The Morgan fingerprint density at radius 3 is 2.90 bits per heavy atom. The molecule has 5 heteroatoms. The molecular weight excluding hydrogens is 266 g/mol. The number of nitrogens with zero attached hydrogens (tertiary/aromatic N) is 3. The number of carbonyl (C=O) groups excluding carboxylic acids is 1. The van der Waals surface area contributed by atoms with Gasteiger partial charge in [0.15, 0.2) is 0 Å². The molecule has 0 saturated carbocycles. The van der Waals surface area contributed by atoms with Crippen molar-refractivity contribution in [3.63, 3.8) is 0 Å². The summed E-state index contributed by atoms with van der Waals surface area (Å²) in [4.78, 5) is 14.3. The van der Waals surface area contributed by atoms with E-state index >= 15 is 0 Å². The normalized spacial score (nSPS) is 18.0. The van der Waals surface area contributed by atoms with Crippen LogP contribution in [0.1, 0.15) is 23.8 Å². The highest BCUT2D eigenvalue weighted by molar-refractivity contribution is 5.92. The molecule has 3 rings (SSSR count). The monoisotopic (exact) mass is 285 g/mol. The first-order valence-corrected chi connectivity index (χ1v) is 7.30. The second-order valence-electron chi connectivity index (χ2n) is 5.12. The molecule has 0 spiro atoms. The number of aryl methyl sites for hydroxylation is 1. The summed E-state index contributed by atoms with van der Waals surface area (Å²) < 4.78 is 7.64. The van der Waals surface area contributed by atoms with Gasteiger partial charge in [-0.2, -0.15) is 5.10 Å². The quantitative estimate of drug-likeness (QED) is 0.865. The standard InChI is InChI=1S/C16H19N3O2/c1-2-19-15(8-10-17-19)16(20)18-11-9-14(12-18)21-13-6-4-3-5-7-13/h3-8,10,14H,2,9,11-12H2,1H3. The minimum Gasteiger partial charge on any atom is -0.489 e. The average Bonchev–Trinajstić information content (AvgIpc) is 3.16. The highest BCUT2D eigenvalue weighted by Crippen LogP contribution is 2.19. The van der Waals surface area contributed by atoms with Crippen LogP contribution in [0.2, 0.25) is 0 Å². The van der Waals surface area contributed by atoms with Crippen LogP contribution in [-0.4, -0.2) is 39.8 Å². The SMILES string of the molecule is CCn1nccc1C(=O)N1CCC(Oc2ccccc2)C1. The van der Waals surface area contributed by atoms with E-state index in [4.69, 9.17) is 4.74 Å². The van der Waals surface area contributed by atoms with Gasteiger partial charge in [-0.1, -0.05) is 18.2 Å². The largest absolute Gasteiger partial charge is 0.489 e. The molecule has 1 atom stereocenters. The minimum atomic E-state index is 0.0357. The number of benzene rings is 1. The van der Waals surface area contributed by atoms with Crippen molar-refractivity contribution in [3.8, 4) is 5.75 Å². The van der Waals surface area contributed by atoms with E-state index in [0.29, 0.717) is 18.8 Å². The number of hydrogen-bond acceptors (Lipinski definition) is 3. The Labute approximate surface area is 124 Å². The van der Waals surface area contributed by atoms with Crippen LogP contribution in [0.25, 0.3) is 0 Å². The van der Waals surface area contributed by atoms with Gasteiger partial charge in [0.25, 0.3) is 5.91 Å². The molecule has 1 amide bonds. The van der Waals surface area contributed by atoms with E-state index in [1.165, 1.54) is 0 Å². The van der Waals surface area contributed by atoms with Crippen molar-refractivity contribution in [3.05, 3.63) is 48.3 Å². The zero-order valence-electron chi connectivity index (χ0n) is 12.1. The van der Waals surface area contributed by atoms with Gasteiger partial charge in [-0.15, -0.1) is 0 Å². The van der Waals surface area contributed by atoms with Gasteiger partial charge in [0.05, 0.1) is 6.54 Å². The summed E-state index contributed by atoms with van der Waals surface area (Å²) >= 11 is 0. The number of para-hydroxylation sites is 1. The highest BCUT2D eigenvalue weighted by atomic mass is 16.5. The zero-order chi connectivity index (χ0) is 14.7. The predicted molar refractivity (Wildman–Crippen MR) is 79.3 cm³/mol. The summed E-state index contributed by atoms with van der Waals surface area (Å²) in [5.41, 5.74) is 0.651. The molecule has 1 fully saturated rings. The van der Waals surface area contributed by atoms with Gasteiger partial charge in [-0.25, -0.2) is 0 Å². The molecule has 0 radical (unpaired) electrons. The molecule has 2 heterocycles. The van der Waals surface area contributed by atoms with Crippen LogP contribution >= 0.6 is 0 Å². The lowest BCUT2D eigenvalue weighted by atomic mass is 10.3. The molecule has 21 heavy (non-hydrogen) atoms. The molecule has 1 unspecified atom stereocenters. The number of hydrogen-bond donors (Lipinski definition) is 0. The average molecular weight is 285 g/mol. The van der Waals surface area contributed by atoms with Crippen LogP contribution in [0.3, 0.4) is 0 Å². The molecule has 1 aromatic heterocycles. The molecule has 0 bridgehead atoms. The van der Waals surface area contributed by atoms with Crippen molar-refractivity contribution in [1.29, 1.82) is 0 Å². The Balaban J connectivity index is 1.63. The molecule has 0 N–H and O–H groups in total. The smallest absolute Gasteiger partial charge is 0.272 e. The third-order valence-electron chi connectivity index (χ3n) is 3.71. The Morgan fingerprint density at radius 1 is 1.33 bits per heavy atom. The molecule has 1 saturated heterocycles. The number of likely N-dealkylation sites (tertiary alicyclic amines) is 1. The summed E-state index contributed by atoms with van der Waals surface area (Å²) in [6.45, 7) is 4.04. The lowest BCUT2D eigenvalue weighted by Crippen LogP contribution is -2.32. The highest BCUT2D eigenvalue weighted by Gasteiger charge is 2.29. The van der Waals surface area contributed by atoms with Gasteiger partial charge in [-0.05, 0) is 25.1 Å². The van der Waals surface area contributed by atoms with E-state index in [9.17, 15) is 4.79 Å². The van der Waals surface area contributed by atoms with E-state index in [1.54, 1.807) is 16.9 Å². The minimum absolute atomic E-state index is 0.0357. The van der Waals surface area contributed by atoms with Crippen molar-refractivity contribution in [2.45, 2.75) is 26.0 Å². The van der Waals surface area contributed by atoms with Gasteiger partial charge in [0, 0.05) is 25.7 Å². The Morgan fingerprint density at radius 2 is 2.14 bits per heavy atom. The maximum absolute atomic E-state index is 12.5. The summed E-state index contributed by atoms with van der Waals surface area (Å²) in [6, 6.07) is 11.5. The van der Waals surface area contributed by atoms with Gasteiger partial charge >= 0.3 is 0 Å². The fraction of sp³-hybridized carbons (Fsp3) is 0.375. The van der Waals surface area contributed by atoms with Crippen molar-refractivity contribution in [2.75, 3.05) is 13.1 Å². The van der Waals surface area contributed by atoms with E-state index in [0.717, 1.165) is 18.7 Å². The van der Waals surface area contributed by atoms with Gasteiger partial charge in [0.2, 0.25) is 0 Å². The zero-order valence-corrected chi connectivity index (χ0v) is 12.1. The van der Waals surface area contributed by atoms with Crippen LogP contribution < -0.4 is 4.74 Å². The molecule has 110 valence electrons.